The van der Waals surface area contributed by atoms with E-state index in [1.165, 1.54) is 4.90 Å². The minimum Gasteiger partial charge on any atom is -0.343 e. The van der Waals surface area contributed by atoms with Crippen LogP contribution >= 0.6 is 0 Å². The summed E-state index contributed by atoms with van der Waals surface area (Å²) >= 11 is 0. The molecule has 0 aromatic carbocycles. The van der Waals surface area contributed by atoms with E-state index in [1.807, 2.05) is 0 Å². The Bertz CT molecular complexity index is 436. The van der Waals surface area contributed by atoms with Crippen LogP contribution in [0.2, 0.25) is 0 Å². The first kappa shape index (κ1) is 14.9. The van der Waals surface area contributed by atoms with Crippen LogP contribution < -0.4 is 5.32 Å². The molecule has 0 aromatic heterocycles. The van der Waals surface area contributed by atoms with Gasteiger partial charge in [-0.15, -0.1) is 0 Å². The summed E-state index contributed by atoms with van der Waals surface area (Å²) in [5.74, 6) is -1.50. The van der Waals surface area contributed by atoms with Crippen molar-refractivity contribution in [2.45, 2.75) is 25.4 Å². The first-order chi connectivity index (χ1) is 9.30. The molecule has 4 nitrogen and oxygen atoms in total. The fraction of sp³-hybridized carbons (Fsp3) is 0.692. The van der Waals surface area contributed by atoms with E-state index in [0.717, 1.165) is 6.08 Å². The quantitative estimate of drug-likeness (QED) is 0.800. The fourth-order valence-corrected chi connectivity index (χ4v) is 3.29. The van der Waals surface area contributed by atoms with Crippen LogP contribution in [0.5, 0.6) is 0 Å². The first-order valence-corrected chi connectivity index (χ1v) is 6.55. The summed E-state index contributed by atoms with van der Waals surface area (Å²) in [6, 6.07) is 0. The number of fused-ring (bicyclic) bond motifs is 1. The van der Waals surface area contributed by atoms with Gasteiger partial charge in [-0.3, -0.25) is 9.59 Å². The standard InChI is InChI=1S/C13H17F3N2O2/c1-2-10(19)17-6-11(20)18-7-9-4-3-5-12(9,8-18)13(14,15)16/h2,9H,1,3-8H2,(H,17,19)/t9-,12-/m0/s1. The van der Waals surface area contributed by atoms with Crippen molar-refractivity contribution in [1.29, 1.82) is 0 Å². The molecule has 1 aliphatic carbocycles. The number of nitrogens with one attached hydrogen (secondary N) is 1. The molecule has 2 atom stereocenters. The highest BCUT2D eigenvalue weighted by atomic mass is 19.4. The van der Waals surface area contributed by atoms with Crippen molar-refractivity contribution < 1.29 is 22.8 Å². The van der Waals surface area contributed by atoms with E-state index < -0.39 is 29.3 Å². The molecule has 2 fully saturated rings. The summed E-state index contributed by atoms with van der Waals surface area (Å²) < 4.78 is 39.9. The van der Waals surface area contributed by atoms with E-state index in [-0.39, 0.29) is 26.1 Å². The maximum absolute atomic E-state index is 13.3. The van der Waals surface area contributed by atoms with Crippen molar-refractivity contribution in [3.63, 3.8) is 0 Å². The van der Waals surface area contributed by atoms with Gasteiger partial charge in [-0.2, -0.15) is 13.2 Å². The number of hydrogen-bond acceptors (Lipinski definition) is 2. The van der Waals surface area contributed by atoms with Crippen molar-refractivity contribution in [3.8, 4) is 0 Å². The third kappa shape index (κ3) is 2.41. The van der Waals surface area contributed by atoms with E-state index in [2.05, 4.69) is 11.9 Å². The Hall–Kier alpha value is -1.53. The van der Waals surface area contributed by atoms with E-state index >= 15 is 0 Å². The number of alkyl halides is 3. The number of carbonyl (C=O) groups excluding carboxylic acids is 2. The second kappa shape index (κ2) is 5.10. The van der Waals surface area contributed by atoms with Gasteiger partial charge in [0, 0.05) is 13.1 Å². The zero-order valence-electron chi connectivity index (χ0n) is 11.0. The van der Waals surface area contributed by atoms with E-state index in [4.69, 9.17) is 0 Å². The molecule has 0 bridgehead atoms. The minimum absolute atomic E-state index is 0.0873. The topological polar surface area (TPSA) is 49.4 Å². The molecule has 0 unspecified atom stereocenters. The van der Waals surface area contributed by atoms with Crippen molar-refractivity contribution in [3.05, 3.63) is 12.7 Å². The van der Waals surface area contributed by atoms with Gasteiger partial charge in [-0.25, -0.2) is 0 Å². The number of likely N-dealkylation sites (tertiary alicyclic amines) is 1. The summed E-state index contributed by atoms with van der Waals surface area (Å²) in [7, 11) is 0. The van der Waals surface area contributed by atoms with Gasteiger partial charge in [0.15, 0.2) is 0 Å². The Balaban J connectivity index is 2.02. The molecule has 1 aliphatic heterocycles. The fourth-order valence-electron chi connectivity index (χ4n) is 3.29. The van der Waals surface area contributed by atoms with Gasteiger partial charge in [0.2, 0.25) is 11.8 Å². The second-order valence-electron chi connectivity index (χ2n) is 5.44. The SMILES string of the molecule is C=CC(=O)NCC(=O)N1C[C@@H]2CCC[C@]2(C(F)(F)F)C1. The average Bonchev–Trinajstić information content (AvgIpc) is 2.92. The summed E-state index contributed by atoms with van der Waals surface area (Å²) in [6.45, 7) is 2.79. The highest BCUT2D eigenvalue weighted by Gasteiger charge is 2.65. The normalized spacial score (nSPS) is 29.1. The van der Waals surface area contributed by atoms with Gasteiger partial charge in [0.25, 0.3) is 0 Å². The van der Waals surface area contributed by atoms with Gasteiger partial charge in [-0.05, 0) is 24.8 Å². The zero-order chi connectivity index (χ0) is 15.0. The maximum atomic E-state index is 13.3. The molecule has 0 radical (unpaired) electrons. The van der Waals surface area contributed by atoms with Crippen molar-refractivity contribution in [2.24, 2.45) is 11.3 Å². The lowest BCUT2D eigenvalue weighted by Crippen LogP contribution is -2.44. The van der Waals surface area contributed by atoms with Crippen LogP contribution in [0.4, 0.5) is 13.2 Å². The molecule has 1 heterocycles. The number of nitrogens with zero attached hydrogens (tertiary/aromatic N) is 1. The van der Waals surface area contributed by atoms with Gasteiger partial charge in [-0.1, -0.05) is 13.0 Å². The van der Waals surface area contributed by atoms with Crippen molar-refractivity contribution >= 4 is 11.8 Å². The number of amides is 2. The molecule has 1 saturated heterocycles. The number of rotatable bonds is 3. The molecular weight excluding hydrogens is 273 g/mol. The maximum Gasteiger partial charge on any atom is 0.396 e. The Kier molecular flexibility index (Phi) is 3.80. The smallest absolute Gasteiger partial charge is 0.343 e. The molecule has 1 saturated carbocycles. The van der Waals surface area contributed by atoms with Crippen LogP contribution in [0.3, 0.4) is 0 Å². The van der Waals surface area contributed by atoms with Crippen LogP contribution in [0.1, 0.15) is 19.3 Å². The molecule has 2 rings (SSSR count). The van der Waals surface area contributed by atoms with Crippen molar-refractivity contribution in [1.82, 2.24) is 10.2 Å². The van der Waals surface area contributed by atoms with Crippen LogP contribution in [-0.2, 0) is 9.59 Å². The molecule has 0 spiro atoms. The number of halogens is 3. The molecule has 2 aliphatic rings. The summed E-state index contributed by atoms with van der Waals surface area (Å²) in [5, 5.41) is 2.30. The van der Waals surface area contributed by atoms with E-state index in [1.54, 1.807) is 0 Å². The van der Waals surface area contributed by atoms with Gasteiger partial charge >= 0.3 is 6.18 Å². The monoisotopic (exact) mass is 290 g/mol. The summed E-state index contributed by atoms with van der Waals surface area (Å²) in [4.78, 5) is 24.1. The number of carbonyl (C=O) groups is 2. The van der Waals surface area contributed by atoms with Gasteiger partial charge in [0.05, 0.1) is 12.0 Å². The second-order valence-corrected chi connectivity index (χ2v) is 5.44. The molecular formula is C13H17F3N2O2. The van der Waals surface area contributed by atoms with E-state index in [9.17, 15) is 22.8 Å². The molecule has 0 aromatic rings. The molecule has 7 heteroatoms. The van der Waals surface area contributed by atoms with Crippen LogP contribution in [0.25, 0.3) is 0 Å². The Morgan fingerprint density at radius 3 is 2.70 bits per heavy atom. The Morgan fingerprint density at radius 1 is 1.45 bits per heavy atom. The largest absolute Gasteiger partial charge is 0.396 e. The summed E-state index contributed by atoms with van der Waals surface area (Å²) in [6.07, 6.45) is -2.12. The zero-order valence-corrected chi connectivity index (χ0v) is 11.0. The Labute approximate surface area is 115 Å². The van der Waals surface area contributed by atoms with Gasteiger partial charge in [0.1, 0.15) is 0 Å². The minimum atomic E-state index is -4.28. The molecule has 20 heavy (non-hydrogen) atoms. The van der Waals surface area contributed by atoms with Crippen molar-refractivity contribution in [2.75, 3.05) is 19.6 Å². The lowest BCUT2D eigenvalue weighted by atomic mass is 9.80. The predicted molar refractivity (Wildman–Crippen MR) is 65.6 cm³/mol. The Morgan fingerprint density at radius 2 is 2.15 bits per heavy atom. The molecule has 112 valence electrons. The average molecular weight is 290 g/mol. The van der Waals surface area contributed by atoms with Crippen LogP contribution in [0, 0.1) is 11.3 Å². The third-order valence-electron chi connectivity index (χ3n) is 4.39. The highest BCUT2D eigenvalue weighted by molar-refractivity contribution is 5.90. The number of hydrogen-bond donors (Lipinski definition) is 1. The predicted octanol–water partition coefficient (Wildman–Crippen LogP) is 1.48. The summed E-state index contributed by atoms with van der Waals surface area (Å²) in [5.41, 5.74) is -1.74. The first-order valence-electron chi connectivity index (χ1n) is 6.55. The lowest BCUT2D eigenvalue weighted by molar-refractivity contribution is -0.226. The molecule has 1 N–H and O–H groups in total. The molecule has 2 amide bonds. The van der Waals surface area contributed by atoms with Crippen LogP contribution in [0.15, 0.2) is 12.7 Å². The lowest BCUT2D eigenvalue weighted by Gasteiger charge is -2.31. The third-order valence-corrected chi connectivity index (χ3v) is 4.39. The van der Waals surface area contributed by atoms with Crippen LogP contribution in [-0.4, -0.2) is 42.5 Å². The highest BCUT2D eigenvalue weighted by Crippen LogP contribution is 2.57. The van der Waals surface area contributed by atoms with Gasteiger partial charge < -0.3 is 10.2 Å². The van der Waals surface area contributed by atoms with E-state index in [0.29, 0.717) is 12.8 Å².